The van der Waals surface area contributed by atoms with Gasteiger partial charge in [0.2, 0.25) is 0 Å². The summed E-state index contributed by atoms with van der Waals surface area (Å²) in [7, 11) is 2.21. The first kappa shape index (κ1) is 11.0. The summed E-state index contributed by atoms with van der Waals surface area (Å²) in [6, 6.07) is 0.720. The molecule has 0 amide bonds. The highest BCUT2D eigenvalue weighted by molar-refractivity contribution is 4.76. The molecule has 0 bridgehead atoms. The van der Waals surface area contributed by atoms with Crippen molar-refractivity contribution < 1.29 is 0 Å². The van der Waals surface area contributed by atoms with E-state index in [0.29, 0.717) is 0 Å². The normalized spacial score (nSPS) is 24.9. The van der Waals surface area contributed by atoms with E-state index in [-0.39, 0.29) is 0 Å². The molecule has 1 atom stereocenters. The van der Waals surface area contributed by atoms with Crippen LogP contribution in [0.2, 0.25) is 0 Å². The average Bonchev–Trinajstić information content (AvgIpc) is 2.13. The average molecular weight is 185 g/mol. The first-order chi connectivity index (χ1) is 6.33. The largest absolute Gasteiger partial charge is 0.316 e. The third-order valence-corrected chi connectivity index (χ3v) is 2.61. The lowest BCUT2D eigenvalue weighted by atomic mass is 10.1. The number of hydrogen-bond donors (Lipinski definition) is 2. The van der Waals surface area contributed by atoms with E-state index in [9.17, 15) is 0 Å². The first-order valence-corrected chi connectivity index (χ1v) is 5.45. The van der Waals surface area contributed by atoms with Gasteiger partial charge in [-0.1, -0.05) is 6.92 Å². The van der Waals surface area contributed by atoms with Gasteiger partial charge in [-0.05, 0) is 33.0 Å². The fraction of sp³-hybridized carbons (Fsp3) is 1.00. The first-order valence-electron chi connectivity index (χ1n) is 5.45. The molecule has 1 fully saturated rings. The van der Waals surface area contributed by atoms with Crippen LogP contribution < -0.4 is 10.6 Å². The molecule has 0 saturated carbocycles. The molecule has 1 aliphatic rings. The minimum Gasteiger partial charge on any atom is -0.316 e. The number of likely N-dealkylation sites (tertiary alicyclic amines) is 1. The van der Waals surface area contributed by atoms with Crippen LogP contribution in [0.5, 0.6) is 0 Å². The molecule has 3 nitrogen and oxygen atoms in total. The zero-order chi connectivity index (χ0) is 9.52. The van der Waals surface area contributed by atoms with Crippen LogP contribution in [0.25, 0.3) is 0 Å². The van der Waals surface area contributed by atoms with Crippen LogP contribution in [-0.2, 0) is 0 Å². The van der Waals surface area contributed by atoms with Gasteiger partial charge in [-0.25, -0.2) is 0 Å². The predicted octanol–water partition coefficient (Wildman–Crippen LogP) is 0.280. The van der Waals surface area contributed by atoms with Gasteiger partial charge in [0.1, 0.15) is 0 Å². The Labute approximate surface area is 81.9 Å². The molecule has 13 heavy (non-hydrogen) atoms. The summed E-state index contributed by atoms with van der Waals surface area (Å²) in [6.45, 7) is 7.90. The van der Waals surface area contributed by atoms with Crippen LogP contribution >= 0.6 is 0 Å². The third kappa shape index (κ3) is 4.60. The molecule has 0 aromatic rings. The molecule has 0 aromatic carbocycles. The van der Waals surface area contributed by atoms with Crippen molar-refractivity contribution in [3.8, 4) is 0 Å². The highest BCUT2D eigenvalue weighted by atomic mass is 15.1. The van der Waals surface area contributed by atoms with Gasteiger partial charge in [0.15, 0.2) is 0 Å². The van der Waals surface area contributed by atoms with Crippen molar-refractivity contribution in [2.75, 3.05) is 39.8 Å². The van der Waals surface area contributed by atoms with Crippen LogP contribution in [0.4, 0.5) is 0 Å². The molecule has 0 aromatic heterocycles. The number of rotatable bonds is 5. The zero-order valence-electron chi connectivity index (χ0n) is 8.97. The van der Waals surface area contributed by atoms with Gasteiger partial charge in [-0.2, -0.15) is 0 Å². The number of piperidine rings is 1. The summed E-state index contributed by atoms with van der Waals surface area (Å²) in [5.74, 6) is 0. The van der Waals surface area contributed by atoms with Gasteiger partial charge >= 0.3 is 0 Å². The number of nitrogens with zero attached hydrogens (tertiary/aromatic N) is 1. The van der Waals surface area contributed by atoms with Crippen molar-refractivity contribution in [1.82, 2.24) is 15.5 Å². The molecule has 1 rings (SSSR count). The van der Waals surface area contributed by atoms with E-state index in [4.69, 9.17) is 0 Å². The van der Waals surface area contributed by atoms with Crippen molar-refractivity contribution in [1.29, 1.82) is 0 Å². The highest BCUT2D eigenvalue weighted by Gasteiger charge is 2.15. The second kappa shape index (κ2) is 6.35. The summed E-state index contributed by atoms with van der Waals surface area (Å²) in [4.78, 5) is 2.41. The Morgan fingerprint density at radius 3 is 2.92 bits per heavy atom. The van der Waals surface area contributed by atoms with Crippen LogP contribution in [0.3, 0.4) is 0 Å². The Balaban J connectivity index is 2.00. The van der Waals surface area contributed by atoms with Gasteiger partial charge in [0, 0.05) is 25.7 Å². The van der Waals surface area contributed by atoms with Crippen molar-refractivity contribution in [2.24, 2.45) is 0 Å². The summed E-state index contributed by atoms with van der Waals surface area (Å²) in [5.41, 5.74) is 0. The third-order valence-electron chi connectivity index (χ3n) is 2.61. The van der Waals surface area contributed by atoms with E-state index < -0.39 is 0 Å². The van der Waals surface area contributed by atoms with E-state index >= 15 is 0 Å². The maximum Gasteiger partial charge on any atom is 0.0195 e. The van der Waals surface area contributed by atoms with E-state index in [2.05, 4.69) is 29.5 Å². The van der Waals surface area contributed by atoms with E-state index in [1.165, 1.54) is 25.9 Å². The topological polar surface area (TPSA) is 27.3 Å². The molecule has 0 spiro atoms. The fourth-order valence-electron chi connectivity index (χ4n) is 1.87. The molecule has 1 heterocycles. The van der Waals surface area contributed by atoms with E-state index in [1.807, 2.05) is 0 Å². The van der Waals surface area contributed by atoms with Crippen molar-refractivity contribution in [3.05, 3.63) is 0 Å². The summed E-state index contributed by atoms with van der Waals surface area (Å²) in [5, 5.41) is 6.91. The molecule has 2 N–H and O–H groups in total. The van der Waals surface area contributed by atoms with Gasteiger partial charge in [0.05, 0.1) is 0 Å². The SMILES string of the molecule is CCNCCNC1CCCN(C)C1. The molecule has 1 saturated heterocycles. The summed E-state index contributed by atoms with van der Waals surface area (Å²) in [6.07, 6.45) is 2.69. The summed E-state index contributed by atoms with van der Waals surface area (Å²) >= 11 is 0. The highest BCUT2D eigenvalue weighted by Crippen LogP contribution is 2.06. The molecule has 3 heteroatoms. The predicted molar refractivity (Wildman–Crippen MR) is 57.1 cm³/mol. The van der Waals surface area contributed by atoms with Crippen LogP contribution in [0.1, 0.15) is 19.8 Å². The van der Waals surface area contributed by atoms with Crippen molar-refractivity contribution in [2.45, 2.75) is 25.8 Å². The number of likely N-dealkylation sites (N-methyl/N-ethyl adjacent to an activating group) is 2. The van der Waals surface area contributed by atoms with Crippen molar-refractivity contribution in [3.63, 3.8) is 0 Å². The molecule has 0 radical (unpaired) electrons. The van der Waals surface area contributed by atoms with Gasteiger partial charge in [0.25, 0.3) is 0 Å². The summed E-state index contributed by atoms with van der Waals surface area (Å²) < 4.78 is 0. The quantitative estimate of drug-likeness (QED) is 0.603. The second-order valence-corrected chi connectivity index (χ2v) is 3.91. The molecular formula is C10H23N3. The molecule has 0 aliphatic carbocycles. The zero-order valence-corrected chi connectivity index (χ0v) is 8.97. The Morgan fingerprint density at radius 2 is 2.23 bits per heavy atom. The van der Waals surface area contributed by atoms with Gasteiger partial charge < -0.3 is 15.5 Å². The maximum atomic E-state index is 3.58. The number of nitrogens with one attached hydrogen (secondary N) is 2. The Bertz CT molecular complexity index is 127. The van der Waals surface area contributed by atoms with E-state index in [0.717, 1.165) is 25.7 Å². The lowest BCUT2D eigenvalue weighted by molar-refractivity contribution is 0.228. The van der Waals surface area contributed by atoms with Crippen LogP contribution in [0.15, 0.2) is 0 Å². The Hall–Kier alpha value is -0.120. The standard InChI is InChI=1S/C10H23N3/c1-3-11-6-7-12-10-5-4-8-13(2)9-10/h10-12H,3-9H2,1-2H3. The molecular weight excluding hydrogens is 162 g/mol. The smallest absolute Gasteiger partial charge is 0.0195 e. The lowest BCUT2D eigenvalue weighted by Gasteiger charge is -2.30. The molecule has 1 aliphatic heterocycles. The van der Waals surface area contributed by atoms with Crippen LogP contribution in [0, 0.1) is 0 Å². The lowest BCUT2D eigenvalue weighted by Crippen LogP contribution is -2.45. The van der Waals surface area contributed by atoms with Gasteiger partial charge in [-0.15, -0.1) is 0 Å². The maximum absolute atomic E-state index is 3.58. The van der Waals surface area contributed by atoms with E-state index in [1.54, 1.807) is 0 Å². The molecule has 78 valence electrons. The van der Waals surface area contributed by atoms with Crippen LogP contribution in [-0.4, -0.2) is 50.7 Å². The number of hydrogen-bond acceptors (Lipinski definition) is 3. The minimum absolute atomic E-state index is 0.720. The minimum atomic E-state index is 0.720. The second-order valence-electron chi connectivity index (χ2n) is 3.91. The Morgan fingerprint density at radius 1 is 1.38 bits per heavy atom. The Kier molecular flexibility index (Phi) is 5.35. The monoisotopic (exact) mass is 185 g/mol. The van der Waals surface area contributed by atoms with Gasteiger partial charge in [-0.3, -0.25) is 0 Å². The molecule has 1 unspecified atom stereocenters. The fourth-order valence-corrected chi connectivity index (χ4v) is 1.87. The van der Waals surface area contributed by atoms with Crippen molar-refractivity contribution >= 4 is 0 Å².